The Labute approximate surface area is 114 Å². The third kappa shape index (κ3) is 2.18. The lowest BCUT2D eigenvalue weighted by molar-refractivity contribution is -0.383. The van der Waals surface area contributed by atoms with E-state index in [4.69, 9.17) is 4.74 Å². The Bertz CT molecular complexity index is 635. The Morgan fingerprint density at radius 3 is 2.90 bits per heavy atom. The van der Waals surface area contributed by atoms with Gasteiger partial charge in [0.15, 0.2) is 5.52 Å². The molecule has 1 aromatic carbocycles. The van der Waals surface area contributed by atoms with Gasteiger partial charge in [-0.1, -0.05) is 0 Å². The third-order valence-electron chi connectivity index (χ3n) is 3.45. The number of benzene rings is 1. The molecule has 1 saturated carbocycles. The van der Waals surface area contributed by atoms with Gasteiger partial charge < -0.3 is 10.1 Å². The van der Waals surface area contributed by atoms with Crippen LogP contribution in [0.2, 0.25) is 0 Å². The molecule has 0 bridgehead atoms. The molecule has 0 saturated heterocycles. The Kier molecular flexibility index (Phi) is 3.23. The first-order valence-electron chi connectivity index (χ1n) is 6.46. The fourth-order valence-electron chi connectivity index (χ4n) is 2.39. The van der Waals surface area contributed by atoms with E-state index in [1.807, 2.05) is 6.92 Å². The zero-order chi connectivity index (χ0) is 14.1. The summed E-state index contributed by atoms with van der Waals surface area (Å²) in [4.78, 5) is 10.4. The second kappa shape index (κ2) is 5.04. The summed E-state index contributed by atoms with van der Waals surface area (Å²) in [5, 5.41) is 21.5. The van der Waals surface area contributed by atoms with Crippen molar-refractivity contribution in [3.8, 4) is 0 Å². The minimum Gasteiger partial charge on any atom is -0.380 e. The lowest BCUT2D eigenvalue weighted by atomic mass is 9.89. The molecule has 0 unspecified atom stereocenters. The van der Waals surface area contributed by atoms with Crippen LogP contribution in [0.15, 0.2) is 16.8 Å². The van der Waals surface area contributed by atoms with E-state index in [0.29, 0.717) is 23.9 Å². The topological polar surface area (TPSA) is 103 Å². The number of non-ortho nitro benzene ring substituents is 1. The second-order valence-electron chi connectivity index (χ2n) is 4.74. The van der Waals surface area contributed by atoms with E-state index in [-0.39, 0.29) is 17.2 Å². The van der Waals surface area contributed by atoms with Crippen molar-refractivity contribution in [3.05, 3.63) is 22.2 Å². The largest absolute Gasteiger partial charge is 0.380 e. The van der Waals surface area contributed by atoms with Crippen molar-refractivity contribution in [2.75, 3.05) is 11.9 Å². The number of nitro groups is 1. The van der Waals surface area contributed by atoms with Crippen LogP contribution in [0.1, 0.15) is 19.8 Å². The lowest BCUT2D eigenvalue weighted by Crippen LogP contribution is -2.40. The van der Waals surface area contributed by atoms with Crippen LogP contribution in [0, 0.1) is 10.1 Å². The van der Waals surface area contributed by atoms with Gasteiger partial charge in [-0.2, -0.15) is 0 Å². The first-order chi connectivity index (χ1) is 9.69. The van der Waals surface area contributed by atoms with Gasteiger partial charge >= 0.3 is 5.69 Å². The number of ether oxygens (including phenoxy) is 1. The smallest absolute Gasteiger partial charge is 0.300 e. The zero-order valence-electron chi connectivity index (χ0n) is 10.9. The molecule has 1 aromatic heterocycles. The normalized spacial score (nSPS) is 21.6. The van der Waals surface area contributed by atoms with Gasteiger partial charge in [0.05, 0.1) is 16.7 Å². The van der Waals surface area contributed by atoms with Crippen molar-refractivity contribution in [2.24, 2.45) is 0 Å². The van der Waals surface area contributed by atoms with Gasteiger partial charge in [0.1, 0.15) is 0 Å². The van der Waals surface area contributed by atoms with Crippen LogP contribution in [0.25, 0.3) is 11.0 Å². The summed E-state index contributed by atoms with van der Waals surface area (Å²) >= 11 is 0. The fourth-order valence-corrected chi connectivity index (χ4v) is 2.39. The monoisotopic (exact) mass is 278 g/mol. The lowest BCUT2D eigenvalue weighted by Gasteiger charge is -2.35. The molecule has 0 spiro atoms. The van der Waals surface area contributed by atoms with E-state index >= 15 is 0 Å². The van der Waals surface area contributed by atoms with E-state index in [1.54, 1.807) is 6.07 Å². The van der Waals surface area contributed by atoms with Crippen LogP contribution >= 0.6 is 0 Å². The Hall–Kier alpha value is -2.22. The SMILES string of the molecule is CCOC1CC(Nc2ccc([N+](=O)[O-])c3nonc23)C1. The van der Waals surface area contributed by atoms with Gasteiger partial charge in [-0.05, 0) is 36.1 Å². The predicted octanol–water partition coefficient (Wildman–Crippen LogP) is 2.11. The van der Waals surface area contributed by atoms with Gasteiger partial charge in [0, 0.05) is 18.7 Å². The summed E-state index contributed by atoms with van der Waals surface area (Å²) < 4.78 is 10.1. The molecule has 1 N–H and O–H groups in total. The van der Waals surface area contributed by atoms with Gasteiger partial charge in [-0.15, -0.1) is 0 Å². The summed E-state index contributed by atoms with van der Waals surface area (Å²) in [6.07, 6.45) is 2.12. The predicted molar refractivity (Wildman–Crippen MR) is 70.5 cm³/mol. The summed E-state index contributed by atoms with van der Waals surface area (Å²) in [5.74, 6) is 0. The maximum absolute atomic E-state index is 10.9. The number of nitro benzene ring substituents is 1. The van der Waals surface area contributed by atoms with Crippen LogP contribution in [0.4, 0.5) is 11.4 Å². The first-order valence-corrected chi connectivity index (χ1v) is 6.46. The highest BCUT2D eigenvalue weighted by Gasteiger charge is 2.30. The summed E-state index contributed by atoms with van der Waals surface area (Å²) in [6.45, 7) is 2.69. The molecule has 0 amide bonds. The van der Waals surface area contributed by atoms with Gasteiger partial charge in [-0.25, -0.2) is 4.63 Å². The van der Waals surface area contributed by atoms with Crippen LogP contribution in [0.3, 0.4) is 0 Å². The molecule has 0 atom stereocenters. The van der Waals surface area contributed by atoms with E-state index in [2.05, 4.69) is 20.3 Å². The molecular formula is C12H14N4O4. The van der Waals surface area contributed by atoms with Crippen LogP contribution < -0.4 is 5.32 Å². The second-order valence-corrected chi connectivity index (χ2v) is 4.74. The van der Waals surface area contributed by atoms with Crippen LogP contribution in [0.5, 0.6) is 0 Å². The molecule has 8 nitrogen and oxygen atoms in total. The van der Waals surface area contributed by atoms with Gasteiger partial charge in [0.2, 0.25) is 5.52 Å². The number of nitrogens with one attached hydrogen (secondary N) is 1. The standard InChI is InChI=1S/C12H14N4O4/c1-2-19-8-5-7(6-8)13-9-3-4-10(16(17)18)12-11(9)14-20-15-12/h3-4,7-8,13H,2,5-6H2,1H3. The van der Waals surface area contributed by atoms with Crippen molar-refractivity contribution in [2.45, 2.75) is 31.9 Å². The van der Waals surface area contributed by atoms with E-state index < -0.39 is 4.92 Å². The fraction of sp³-hybridized carbons (Fsp3) is 0.500. The number of rotatable bonds is 5. The van der Waals surface area contributed by atoms with E-state index in [9.17, 15) is 10.1 Å². The molecule has 0 radical (unpaired) electrons. The maximum Gasteiger partial charge on any atom is 0.300 e. The van der Waals surface area contributed by atoms with Crippen molar-refractivity contribution >= 4 is 22.4 Å². The maximum atomic E-state index is 10.9. The average molecular weight is 278 g/mol. The number of anilines is 1. The molecule has 20 heavy (non-hydrogen) atoms. The molecule has 1 fully saturated rings. The number of hydrogen-bond acceptors (Lipinski definition) is 7. The highest BCUT2D eigenvalue weighted by Crippen LogP contribution is 2.32. The summed E-state index contributed by atoms with van der Waals surface area (Å²) in [6, 6.07) is 3.33. The molecule has 106 valence electrons. The average Bonchev–Trinajstić information content (AvgIpc) is 2.85. The van der Waals surface area contributed by atoms with Crippen LogP contribution in [-0.4, -0.2) is 34.0 Å². The minimum absolute atomic E-state index is 0.104. The van der Waals surface area contributed by atoms with Crippen LogP contribution in [-0.2, 0) is 4.74 Å². The molecule has 1 aliphatic rings. The highest BCUT2D eigenvalue weighted by atomic mass is 16.6. The molecule has 2 aromatic rings. The molecule has 8 heteroatoms. The number of hydrogen-bond donors (Lipinski definition) is 1. The van der Waals surface area contributed by atoms with E-state index in [1.165, 1.54) is 6.07 Å². The highest BCUT2D eigenvalue weighted by molar-refractivity contribution is 5.93. The summed E-state index contributed by atoms with van der Waals surface area (Å²) in [7, 11) is 0. The number of fused-ring (bicyclic) bond motifs is 1. The third-order valence-corrected chi connectivity index (χ3v) is 3.45. The Morgan fingerprint density at radius 1 is 1.45 bits per heavy atom. The zero-order valence-corrected chi connectivity index (χ0v) is 10.9. The molecule has 1 heterocycles. The molecule has 1 aliphatic carbocycles. The van der Waals surface area contributed by atoms with Crippen molar-refractivity contribution in [3.63, 3.8) is 0 Å². The molecular weight excluding hydrogens is 264 g/mol. The first kappa shape index (κ1) is 12.8. The quantitative estimate of drug-likeness (QED) is 0.659. The summed E-state index contributed by atoms with van der Waals surface area (Å²) in [5.41, 5.74) is 1.15. The van der Waals surface area contributed by atoms with Crippen molar-refractivity contribution < 1.29 is 14.3 Å². The van der Waals surface area contributed by atoms with Gasteiger partial charge in [0.25, 0.3) is 0 Å². The Morgan fingerprint density at radius 2 is 2.20 bits per heavy atom. The number of nitrogens with zero attached hydrogens (tertiary/aromatic N) is 3. The molecule has 0 aliphatic heterocycles. The Balaban J connectivity index is 1.78. The minimum atomic E-state index is -0.495. The molecule has 3 rings (SSSR count). The van der Waals surface area contributed by atoms with Gasteiger partial charge in [-0.3, -0.25) is 10.1 Å². The van der Waals surface area contributed by atoms with Crippen molar-refractivity contribution in [1.82, 2.24) is 10.3 Å². The van der Waals surface area contributed by atoms with E-state index in [0.717, 1.165) is 12.8 Å². The number of aromatic nitrogens is 2. The van der Waals surface area contributed by atoms with Crippen molar-refractivity contribution in [1.29, 1.82) is 0 Å².